The topological polar surface area (TPSA) is 49.9 Å². The average Bonchev–Trinajstić information content (AvgIpc) is 2.65. The van der Waals surface area contributed by atoms with E-state index < -0.39 is 14.3 Å². The minimum Gasteiger partial charge on any atom is -0.336 e. The largest absolute Gasteiger partial charge is 0.471 e. The lowest BCUT2D eigenvalue weighted by atomic mass is 10.1. The van der Waals surface area contributed by atoms with Crippen molar-refractivity contribution in [3.05, 3.63) is 12.4 Å². The molecule has 1 aliphatic heterocycles. The molecule has 0 aliphatic carbocycles. The molecule has 0 radical (unpaired) electrons. The van der Waals surface area contributed by atoms with Crippen LogP contribution in [0.4, 0.5) is 0 Å². The average molecular weight is 274 g/mol. The standard InChI is InChI=1S/C12H23N2O3P/c1-3-4-5-6-7-8-9-14-11-10-13(2)12(14)17-18(15)16/h10-12H,3-9H2,1-2H3. The van der Waals surface area contributed by atoms with Crippen molar-refractivity contribution in [2.45, 2.75) is 51.8 Å². The van der Waals surface area contributed by atoms with E-state index in [0.29, 0.717) is 0 Å². The van der Waals surface area contributed by atoms with Crippen molar-refractivity contribution in [2.24, 2.45) is 0 Å². The molecule has 0 bridgehead atoms. The minimum atomic E-state index is -2.81. The molecule has 0 saturated carbocycles. The molecular formula is C12H23N2O3P. The van der Waals surface area contributed by atoms with Crippen LogP contribution >= 0.6 is 7.91 Å². The Balaban J connectivity index is 2.21. The van der Waals surface area contributed by atoms with Gasteiger partial charge in [0.2, 0.25) is 6.35 Å². The van der Waals surface area contributed by atoms with Gasteiger partial charge in [-0.2, -0.15) is 0 Å². The van der Waals surface area contributed by atoms with Crippen molar-refractivity contribution < 1.29 is 13.7 Å². The van der Waals surface area contributed by atoms with Gasteiger partial charge in [0.1, 0.15) is 0 Å². The summed E-state index contributed by atoms with van der Waals surface area (Å²) in [5, 5.41) is 0. The molecule has 0 aromatic carbocycles. The second kappa shape index (κ2) is 8.33. The quantitative estimate of drug-likeness (QED) is 0.476. The Morgan fingerprint density at radius 2 is 1.78 bits per heavy atom. The number of nitrogens with zero attached hydrogens (tertiary/aromatic N) is 2. The van der Waals surface area contributed by atoms with E-state index in [4.69, 9.17) is 4.52 Å². The maximum absolute atomic E-state index is 10.6. The van der Waals surface area contributed by atoms with Gasteiger partial charge < -0.3 is 9.80 Å². The van der Waals surface area contributed by atoms with Gasteiger partial charge in [0, 0.05) is 26.0 Å². The van der Waals surface area contributed by atoms with Gasteiger partial charge in [0.15, 0.2) is 0 Å². The molecule has 0 spiro atoms. The third kappa shape index (κ3) is 5.23. The molecule has 0 fully saturated rings. The molecule has 1 aliphatic rings. The van der Waals surface area contributed by atoms with Crippen molar-refractivity contribution in [1.29, 1.82) is 0 Å². The summed E-state index contributed by atoms with van der Waals surface area (Å²) in [5.41, 5.74) is 0. The molecule has 1 atom stereocenters. The van der Waals surface area contributed by atoms with E-state index in [0.717, 1.165) is 13.0 Å². The first kappa shape index (κ1) is 15.3. The van der Waals surface area contributed by atoms with Crippen LogP contribution in [0, 0.1) is 0 Å². The molecule has 1 rings (SSSR count). The van der Waals surface area contributed by atoms with Crippen LogP contribution in [0.5, 0.6) is 0 Å². The van der Waals surface area contributed by atoms with Crippen molar-refractivity contribution in [3.63, 3.8) is 0 Å². The van der Waals surface area contributed by atoms with Gasteiger partial charge in [-0.05, 0) is 6.42 Å². The van der Waals surface area contributed by atoms with Gasteiger partial charge in [-0.15, -0.1) is 0 Å². The van der Waals surface area contributed by atoms with Gasteiger partial charge in [-0.1, -0.05) is 39.0 Å². The predicted molar refractivity (Wildman–Crippen MR) is 70.2 cm³/mol. The molecule has 0 saturated heterocycles. The fourth-order valence-electron chi connectivity index (χ4n) is 2.04. The SMILES string of the molecule is CCCCCCCCN1C=CN(C)C1OP(=O)=O. The normalized spacial score (nSPS) is 18.7. The van der Waals surface area contributed by atoms with E-state index in [1.165, 1.54) is 32.1 Å². The summed E-state index contributed by atoms with van der Waals surface area (Å²) >= 11 is 0. The Morgan fingerprint density at radius 3 is 2.44 bits per heavy atom. The molecule has 1 unspecified atom stereocenters. The Bertz CT molecular complexity index is 323. The van der Waals surface area contributed by atoms with Crippen molar-refractivity contribution in [1.82, 2.24) is 9.80 Å². The van der Waals surface area contributed by atoms with Gasteiger partial charge in [-0.3, -0.25) is 0 Å². The van der Waals surface area contributed by atoms with E-state index in [-0.39, 0.29) is 0 Å². The number of unbranched alkanes of at least 4 members (excludes halogenated alkanes) is 5. The minimum absolute atomic E-state index is 0.498. The fraction of sp³-hybridized carbons (Fsp3) is 0.833. The first-order valence-corrected chi connectivity index (χ1v) is 7.72. The molecule has 0 aromatic rings. The maximum Gasteiger partial charge on any atom is 0.471 e. The predicted octanol–water partition coefficient (Wildman–Crippen LogP) is 3.45. The van der Waals surface area contributed by atoms with Crippen LogP contribution in [0.25, 0.3) is 0 Å². The summed E-state index contributed by atoms with van der Waals surface area (Å²) in [6, 6.07) is 0. The van der Waals surface area contributed by atoms with Crippen LogP contribution in [0.1, 0.15) is 45.4 Å². The summed E-state index contributed by atoms with van der Waals surface area (Å²) in [6.07, 6.45) is 10.6. The molecule has 0 amide bonds. The molecule has 6 heteroatoms. The van der Waals surface area contributed by atoms with Gasteiger partial charge >= 0.3 is 7.91 Å². The lowest BCUT2D eigenvalue weighted by molar-refractivity contribution is -0.0107. The van der Waals surface area contributed by atoms with Crippen LogP contribution in [0.15, 0.2) is 12.4 Å². The summed E-state index contributed by atoms with van der Waals surface area (Å²) < 4.78 is 26.1. The highest BCUT2D eigenvalue weighted by Crippen LogP contribution is 2.22. The molecule has 18 heavy (non-hydrogen) atoms. The van der Waals surface area contributed by atoms with Crippen molar-refractivity contribution in [2.75, 3.05) is 13.6 Å². The highest BCUT2D eigenvalue weighted by molar-refractivity contribution is 7.24. The monoisotopic (exact) mass is 274 g/mol. The highest BCUT2D eigenvalue weighted by Gasteiger charge is 2.25. The summed E-state index contributed by atoms with van der Waals surface area (Å²) in [7, 11) is -1.01. The number of hydrogen-bond acceptors (Lipinski definition) is 5. The lowest BCUT2D eigenvalue weighted by Crippen LogP contribution is -2.37. The molecule has 5 nitrogen and oxygen atoms in total. The van der Waals surface area contributed by atoms with Crippen LogP contribution in [-0.2, 0) is 13.7 Å². The molecule has 104 valence electrons. The van der Waals surface area contributed by atoms with Crippen LogP contribution in [0.2, 0.25) is 0 Å². The zero-order chi connectivity index (χ0) is 13.4. The Kier molecular flexibility index (Phi) is 7.06. The summed E-state index contributed by atoms with van der Waals surface area (Å²) in [4.78, 5) is 3.67. The Morgan fingerprint density at radius 1 is 1.11 bits per heavy atom. The molecule has 0 N–H and O–H groups in total. The zero-order valence-electron chi connectivity index (χ0n) is 11.2. The zero-order valence-corrected chi connectivity index (χ0v) is 12.1. The first-order chi connectivity index (χ1) is 8.65. The lowest BCUT2D eigenvalue weighted by Gasteiger charge is -2.27. The van der Waals surface area contributed by atoms with E-state index >= 15 is 0 Å². The second-order valence-corrected chi connectivity index (χ2v) is 5.28. The van der Waals surface area contributed by atoms with Crippen LogP contribution in [-0.4, -0.2) is 29.7 Å². The van der Waals surface area contributed by atoms with Crippen LogP contribution in [0.3, 0.4) is 0 Å². The van der Waals surface area contributed by atoms with E-state index in [1.54, 1.807) is 11.9 Å². The first-order valence-electron chi connectivity index (χ1n) is 6.62. The van der Waals surface area contributed by atoms with Crippen molar-refractivity contribution in [3.8, 4) is 0 Å². The van der Waals surface area contributed by atoms with Crippen molar-refractivity contribution >= 4 is 7.91 Å². The van der Waals surface area contributed by atoms with Gasteiger partial charge in [-0.25, -0.2) is 13.7 Å². The highest BCUT2D eigenvalue weighted by atomic mass is 31.1. The third-order valence-electron chi connectivity index (χ3n) is 3.08. The van der Waals surface area contributed by atoms with Gasteiger partial charge in [0.25, 0.3) is 0 Å². The molecule has 0 aromatic heterocycles. The summed E-state index contributed by atoms with van der Waals surface area (Å²) in [5.74, 6) is 0. The maximum atomic E-state index is 10.6. The Hall–Kier alpha value is -0.800. The van der Waals surface area contributed by atoms with E-state index in [9.17, 15) is 9.13 Å². The van der Waals surface area contributed by atoms with E-state index in [1.807, 2.05) is 17.3 Å². The smallest absolute Gasteiger partial charge is 0.336 e. The number of rotatable bonds is 9. The number of hydrogen-bond donors (Lipinski definition) is 0. The molecular weight excluding hydrogens is 251 g/mol. The van der Waals surface area contributed by atoms with Gasteiger partial charge in [0.05, 0.1) is 0 Å². The van der Waals surface area contributed by atoms with E-state index in [2.05, 4.69) is 6.92 Å². The third-order valence-corrected chi connectivity index (χ3v) is 3.44. The fourth-order valence-corrected chi connectivity index (χ4v) is 2.47. The second-order valence-electron chi connectivity index (χ2n) is 4.62. The Labute approximate surface area is 110 Å². The van der Waals surface area contributed by atoms with Crippen LogP contribution < -0.4 is 0 Å². The molecule has 1 heterocycles. The summed E-state index contributed by atoms with van der Waals surface area (Å²) in [6.45, 7) is 3.04.